The first-order valence-corrected chi connectivity index (χ1v) is 12.7. The van der Waals surface area contributed by atoms with Crippen LogP contribution in [-0.4, -0.2) is 57.4 Å². The molecule has 5 rings (SSSR count). The van der Waals surface area contributed by atoms with E-state index in [9.17, 15) is 9.59 Å². The van der Waals surface area contributed by atoms with Gasteiger partial charge < -0.3 is 20.1 Å². The summed E-state index contributed by atoms with van der Waals surface area (Å²) in [6.07, 6.45) is 12.5. The van der Waals surface area contributed by atoms with Crippen molar-refractivity contribution in [2.24, 2.45) is 5.73 Å². The van der Waals surface area contributed by atoms with Gasteiger partial charge in [-0.3, -0.25) is 14.6 Å². The summed E-state index contributed by atoms with van der Waals surface area (Å²) in [6.45, 7) is 2.60. The van der Waals surface area contributed by atoms with Gasteiger partial charge in [-0.05, 0) is 62.1 Å². The molecule has 8 heteroatoms. The molecule has 0 bridgehead atoms. The molecule has 3 aromatic rings. The Labute approximate surface area is 206 Å². The van der Waals surface area contributed by atoms with Crippen LogP contribution in [0.25, 0.3) is 10.9 Å². The minimum Gasteiger partial charge on any atom is -0.366 e. The zero-order valence-electron chi connectivity index (χ0n) is 20.4. The van der Waals surface area contributed by atoms with E-state index in [2.05, 4.69) is 19.4 Å². The summed E-state index contributed by atoms with van der Waals surface area (Å²) < 4.78 is 2.13. The molecule has 1 aliphatic heterocycles. The summed E-state index contributed by atoms with van der Waals surface area (Å²) in [5.41, 5.74) is 8.06. The summed E-state index contributed by atoms with van der Waals surface area (Å²) >= 11 is 0. The first-order valence-electron chi connectivity index (χ1n) is 12.7. The number of aromatic nitrogens is 3. The van der Waals surface area contributed by atoms with Crippen LogP contribution < -0.4 is 10.6 Å². The number of benzene rings is 1. The molecule has 2 amide bonds. The lowest BCUT2D eigenvalue weighted by molar-refractivity contribution is -0.132. The number of nitrogens with zero attached hydrogens (tertiary/aromatic N) is 5. The van der Waals surface area contributed by atoms with E-state index in [1.807, 2.05) is 48.7 Å². The van der Waals surface area contributed by atoms with Crippen molar-refractivity contribution >= 4 is 28.5 Å². The highest BCUT2D eigenvalue weighted by atomic mass is 16.2. The lowest BCUT2D eigenvalue weighted by Crippen LogP contribution is -2.45. The van der Waals surface area contributed by atoms with Gasteiger partial charge in [0, 0.05) is 62.3 Å². The highest BCUT2D eigenvalue weighted by Gasteiger charge is 2.27. The van der Waals surface area contributed by atoms with Crippen LogP contribution in [-0.2, 0) is 11.3 Å². The van der Waals surface area contributed by atoms with Crippen LogP contribution >= 0.6 is 0 Å². The lowest BCUT2D eigenvalue weighted by Gasteiger charge is -2.37. The Morgan fingerprint density at radius 1 is 1.06 bits per heavy atom. The number of rotatable bonds is 9. The molecule has 1 aromatic carbocycles. The topological polar surface area (TPSA) is 97.4 Å². The maximum Gasteiger partial charge on any atom is 0.248 e. The normalized spacial score (nSPS) is 16.5. The van der Waals surface area contributed by atoms with Gasteiger partial charge in [-0.25, -0.2) is 4.98 Å². The standard InChI is InChI=1S/C27H34N6O2/c1-31(22-10-14-33(15-11-22)25-18-29-23(17-30-25)19-5-6-19)26(34)4-2-3-12-32-13-9-20-7-8-21(27(28)35)16-24(20)32/h7-9,13,16-19,22H,2-6,10-12,14-15H2,1H3,(H2,28,35). The van der Waals surface area contributed by atoms with Crippen molar-refractivity contribution in [1.29, 1.82) is 0 Å². The van der Waals surface area contributed by atoms with E-state index in [4.69, 9.17) is 5.73 Å². The number of amides is 2. The molecule has 0 unspecified atom stereocenters. The minimum atomic E-state index is -0.418. The molecule has 35 heavy (non-hydrogen) atoms. The third-order valence-electron chi connectivity index (χ3n) is 7.48. The Hall–Kier alpha value is -3.42. The van der Waals surface area contributed by atoms with Gasteiger partial charge in [-0.2, -0.15) is 0 Å². The van der Waals surface area contributed by atoms with E-state index in [1.54, 1.807) is 6.07 Å². The molecule has 0 radical (unpaired) electrons. The Bertz CT molecular complexity index is 1190. The van der Waals surface area contributed by atoms with Crippen molar-refractivity contribution in [3.05, 3.63) is 54.1 Å². The summed E-state index contributed by atoms with van der Waals surface area (Å²) in [6, 6.07) is 7.84. The molecular formula is C27H34N6O2. The molecule has 8 nitrogen and oxygen atoms in total. The van der Waals surface area contributed by atoms with Crippen molar-refractivity contribution in [2.75, 3.05) is 25.0 Å². The quantitative estimate of drug-likeness (QED) is 0.477. The van der Waals surface area contributed by atoms with Gasteiger partial charge in [0.15, 0.2) is 0 Å². The van der Waals surface area contributed by atoms with Crippen LogP contribution in [0.5, 0.6) is 0 Å². The monoisotopic (exact) mass is 474 g/mol. The number of primary amides is 1. The second-order valence-corrected chi connectivity index (χ2v) is 9.90. The Balaban J connectivity index is 1.06. The fourth-order valence-electron chi connectivity index (χ4n) is 5.04. The minimum absolute atomic E-state index is 0.213. The number of aryl methyl sites for hydroxylation is 1. The van der Waals surface area contributed by atoms with E-state index in [0.717, 1.165) is 67.7 Å². The van der Waals surface area contributed by atoms with Gasteiger partial charge >= 0.3 is 0 Å². The largest absolute Gasteiger partial charge is 0.366 e. The number of anilines is 1. The molecule has 0 atom stereocenters. The van der Waals surface area contributed by atoms with Crippen LogP contribution in [0.1, 0.15) is 66.9 Å². The Morgan fingerprint density at radius 3 is 2.54 bits per heavy atom. The average Bonchev–Trinajstić information content (AvgIpc) is 3.66. The fourth-order valence-corrected chi connectivity index (χ4v) is 5.04. The van der Waals surface area contributed by atoms with Crippen LogP contribution in [0.15, 0.2) is 42.9 Å². The zero-order valence-corrected chi connectivity index (χ0v) is 20.4. The molecule has 1 aliphatic carbocycles. The molecule has 2 fully saturated rings. The first kappa shape index (κ1) is 23.3. The van der Waals surface area contributed by atoms with Gasteiger partial charge in [0.1, 0.15) is 5.82 Å². The fraction of sp³-hybridized carbons (Fsp3) is 0.481. The first-order chi connectivity index (χ1) is 17.0. The van der Waals surface area contributed by atoms with Crippen molar-refractivity contribution in [3.8, 4) is 0 Å². The summed E-state index contributed by atoms with van der Waals surface area (Å²) in [7, 11) is 1.94. The highest BCUT2D eigenvalue weighted by Crippen LogP contribution is 2.38. The second kappa shape index (κ2) is 10.1. The number of hydrogen-bond donors (Lipinski definition) is 1. The molecule has 2 aromatic heterocycles. The maximum atomic E-state index is 12.8. The molecule has 3 heterocycles. The van der Waals surface area contributed by atoms with Crippen LogP contribution in [0, 0.1) is 0 Å². The second-order valence-electron chi connectivity index (χ2n) is 9.90. The molecule has 2 aliphatic rings. The van der Waals surface area contributed by atoms with Crippen molar-refractivity contribution in [1.82, 2.24) is 19.4 Å². The number of nitrogens with two attached hydrogens (primary N) is 1. The van der Waals surface area contributed by atoms with E-state index >= 15 is 0 Å². The molecule has 0 spiro atoms. The van der Waals surface area contributed by atoms with Gasteiger partial charge in [0.25, 0.3) is 0 Å². The summed E-state index contributed by atoms with van der Waals surface area (Å²) in [5, 5.41) is 1.09. The molecule has 1 saturated carbocycles. The predicted molar refractivity (Wildman–Crippen MR) is 136 cm³/mol. The Morgan fingerprint density at radius 2 is 1.86 bits per heavy atom. The van der Waals surface area contributed by atoms with Crippen molar-refractivity contribution < 1.29 is 9.59 Å². The molecule has 1 saturated heterocycles. The zero-order chi connectivity index (χ0) is 24.4. The van der Waals surface area contributed by atoms with Crippen molar-refractivity contribution in [3.63, 3.8) is 0 Å². The van der Waals surface area contributed by atoms with E-state index < -0.39 is 5.91 Å². The van der Waals surface area contributed by atoms with E-state index in [0.29, 0.717) is 17.9 Å². The van der Waals surface area contributed by atoms with Gasteiger partial charge in [-0.1, -0.05) is 6.07 Å². The number of piperidine rings is 1. The van der Waals surface area contributed by atoms with Crippen molar-refractivity contribution in [2.45, 2.75) is 63.5 Å². The number of carbonyl (C=O) groups is 2. The third kappa shape index (κ3) is 5.31. The SMILES string of the molecule is CN(C(=O)CCCCn1ccc2ccc(C(N)=O)cc21)C1CCN(c2cnc(C3CC3)cn2)CC1. The van der Waals surface area contributed by atoms with E-state index in [1.165, 1.54) is 12.8 Å². The highest BCUT2D eigenvalue weighted by molar-refractivity contribution is 5.97. The van der Waals surface area contributed by atoms with E-state index in [-0.39, 0.29) is 11.9 Å². The smallest absolute Gasteiger partial charge is 0.248 e. The number of fused-ring (bicyclic) bond motifs is 1. The van der Waals surface area contributed by atoms with Gasteiger partial charge in [0.2, 0.25) is 11.8 Å². The van der Waals surface area contributed by atoms with Crippen LogP contribution in [0.4, 0.5) is 5.82 Å². The predicted octanol–water partition coefficient (Wildman–Crippen LogP) is 3.71. The molecular weight excluding hydrogens is 440 g/mol. The summed E-state index contributed by atoms with van der Waals surface area (Å²) in [5.74, 6) is 1.37. The maximum absolute atomic E-state index is 12.8. The van der Waals surface area contributed by atoms with Crippen LogP contribution in [0.2, 0.25) is 0 Å². The number of unbranched alkanes of at least 4 members (excludes halogenated alkanes) is 1. The van der Waals surface area contributed by atoms with Gasteiger partial charge in [-0.15, -0.1) is 0 Å². The molecule has 184 valence electrons. The third-order valence-corrected chi connectivity index (χ3v) is 7.48. The van der Waals surface area contributed by atoms with Crippen LogP contribution in [0.3, 0.4) is 0 Å². The summed E-state index contributed by atoms with van der Waals surface area (Å²) in [4.78, 5) is 37.8. The molecule has 2 N–H and O–H groups in total. The lowest BCUT2D eigenvalue weighted by atomic mass is 10.0. The average molecular weight is 475 g/mol. The number of hydrogen-bond acceptors (Lipinski definition) is 5. The number of carbonyl (C=O) groups excluding carboxylic acids is 2. The Kier molecular flexibility index (Phi) is 6.70. The van der Waals surface area contributed by atoms with Gasteiger partial charge in [0.05, 0.1) is 18.1 Å².